The first-order valence-electron chi connectivity index (χ1n) is 5.21. The maximum Gasteiger partial charge on any atom is 0.342 e. The molecule has 6 heteroatoms. The number of aromatic nitrogens is 3. The van der Waals surface area contributed by atoms with E-state index in [0.29, 0.717) is 11.2 Å². The van der Waals surface area contributed by atoms with Crippen LogP contribution >= 0.6 is 0 Å². The van der Waals surface area contributed by atoms with Crippen molar-refractivity contribution < 1.29 is 9.53 Å². The van der Waals surface area contributed by atoms with Gasteiger partial charge in [0.1, 0.15) is 11.2 Å². The molecule has 0 aliphatic rings. The van der Waals surface area contributed by atoms with Crippen molar-refractivity contribution in [1.82, 2.24) is 14.6 Å². The van der Waals surface area contributed by atoms with Crippen molar-refractivity contribution in [3.63, 3.8) is 0 Å². The van der Waals surface area contributed by atoms with Gasteiger partial charge in [-0.05, 0) is 32.9 Å². The monoisotopic (exact) mass is 234 g/mol. The molecule has 2 aromatic rings. The number of rotatable bonds is 1. The Hall–Kier alpha value is -2.11. The maximum atomic E-state index is 11.9. The third-order valence-electron chi connectivity index (χ3n) is 2.00. The largest absolute Gasteiger partial charge is 0.456 e. The minimum absolute atomic E-state index is 0.126. The number of esters is 1. The van der Waals surface area contributed by atoms with Gasteiger partial charge in [-0.3, -0.25) is 0 Å². The number of fused-ring (bicyclic) bond motifs is 1. The van der Waals surface area contributed by atoms with Gasteiger partial charge in [-0.1, -0.05) is 0 Å². The van der Waals surface area contributed by atoms with Crippen molar-refractivity contribution in [2.75, 3.05) is 5.73 Å². The van der Waals surface area contributed by atoms with E-state index >= 15 is 0 Å². The lowest BCUT2D eigenvalue weighted by molar-refractivity contribution is 0.00711. The minimum Gasteiger partial charge on any atom is -0.456 e. The summed E-state index contributed by atoms with van der Waals surface area (Å²) in [5.41, 5.74) is 5.70. The van der Waals surface area contributed by atoms with Crippen LogP contribution in [0, 0.1) is 0 Å². The van der Waals surface area contributed by atoms with Crippen LogP contribution in [-0.2, 0) is 4.74 Å². The third kappa shape index (κ3) is 2.35. The molecule has 2 heterocycles. The molecular formula is C11H14N4O2. The summed E-state index contributed by atoms with van der Waals surface area (Å²) in [6, 6.07) is 3.33. The zero-order chi connectivity index (χ0) is 12.6. The Bertz CT molecular complexity index is 568. The number of carbonyl (C=O) groups is 1. The van der Waals surface area contributed by atoms with Crippen molar-refractivity contribution in [1.29, 1.82) is 0 Å². The van der Waals surface area contributed by atoms with Crippen molar-refractivity contribution in [3.05, 3.63) is 23.9 Å². The maximum absolute atomic E-state index is 11.9. The zero-order valence-corrected chi connectivity index (χ0v) is 9.97. The van der Waals surface area contributed by atoms with Crippen LogP contribution in [0.15, 0.2) is 18.3 Å². The Labute approximate surface area is 98.4 Å². The van der Waals surface area contributed by atoms with Crippen molar-refractivity contribution in [3.8, 4) is 0 Å². The van der Waals surface area contributed by atoms with E-state index < -0.39 is 11.6 Å². The molecule has 0 bridgehead atoms. The first-order valence-corrected chi connectivity index (χ1v) is 5.21. The van der Waals surface area contributed by atoms with Crippen molar-refractivity contribution in [2.24, 2.45) is 0 Å². The lowest BCUT2D eigenvalue weighted by Gasteiger charge is -2.19. The molecule has 90 valence electrons. The molecule has 0 aliphatic carbocycles. The van der Waals surface area contributed by atoms with Crippen molar-refractivity contribution >= 4 is 17.6 Å². The molecule has 2 N–H and O–H groups in total. The lowest BCUT2D eigenvalue weighted by atomic mass is 10.2. The minimum atomic E-state index is -0.546. The lowest BCUT2D eigenvalue weighted by Crippen LogP contribution is -2.24. The number of nitrogens with zero attached hydrogens (tertiary/aromatic N) is 3. The fraction of sp³-hybridized carbons (Fsp3) is 0.364. The molecule has 0 saturated heterocycles. The van der Waals surface area contributed by atoms with Gasteiger partial charge in [0.25, 0.3) is 0 Å². The molecule has 0 amide bonds. The second kappa shape index (κ2) is 3.73. The number of pyridine rings is 1. The quantitative estimate of drug-likeness (QED) is 0.751. The van der Waals surface area contributed by atoms with Crippen LogP contribution in [0.3, 0.4) is 0 Å². The zero-order valence-electron chi connectivity index (χ0n) is 9.97. The van der Waals surface area contributed by atoms with Crippen LogP contribution in [0.1, 0.15) is 31.1 Å². The molecule has 0 radical (unpaired) electrons. The smallest absolute Gasteiger partial charge is 0.342 e. The summed E-state index contributed by atoms with van der Waals surface area (Å²) < 4.78 is 6.73. The molecule has 0 aliphatic heterocycles. The molecule has 6 nitrogen and oxygen atoms in total. The summed E-state index contributed by atoms with van der Waals surface area (Å²) in [5, 5.41) is 3.93. The van der Waals surface area contributed by atoms with E-state index in [1.54, 1.807) is 18.3 Å². The number of anilines is 1. The molecule has 17 heavy (non-hydrogen) atoms. The topological polar surface area (TPSA) is 82.5 Å². The summed E-state index contributed by atoms with van der Waals surface area (Å²) in [5.74, 6) is -0.309. The molecule has 0 saturated carbocycles. The Balaban J connectivity index is 2.45. The van der Waals surface area contributed by atoms with Crippen LogP contribution in [0.4, 0.5) is 5.95 Å². The summed E-state index contributed by atoms with van der Waals surface area (Å²) in [6.07, 6.45) is 1.67. The summed E-state index contributed by atoms with van der Waals surface area (Å²) >= 11 is 0. The van der Waals surface area contributed by atoms with E-state index in [0.717, 1.165) is 0 Å². The molecule has 2 aromatic heterocycles. The number of nitrogen functional groups attached to an aromatic ring is 1. The van der Waals surface area contributed by atoms with Gasteiger partial charge in [0.2, 0.25) is 5.95 Å². The number of nitrogens with two attached hydrogens (primary N) is 1. The van der Waals surface area contributed by atoms with Crippen LogP contribution in [-0.4, -0.2) is 26.2 Å². The molecule has 0 spiro atoms. The van der Waals surface area contributed by atoms with Gasteiger partial charge in [-0.2, -0.15) is 4.98 Å². The first-order chi connectivity index (χ1) is 7.87. The van der Waals surface area contributed by atoms with Crippen LogP contribution in [0.2, 0.25) is 0 Å². The summed E-state index contributed by atoms with van der Waals surface area (Å²) in [6.45, 7) is 5.43. The fourth-order valence-electron chi connectivity index (χ4n) is 1.42. The Morgan fingerprint density at radius 1 is 1.47 bits per heavy atom. The number of carbonyl (C=O) groups excluding carboxylic acids is 1. The number of hydrogen-bond acceptors (Lipinski definition) is 5. The van der Waals surface area contributed by atoms with E-state index in [2.05, 4.69) is 10.1 Å². The number of ether oxygens (including phenoxy) is 1. The second-order valence-electron chi connectivity index (χ2n) is 4.66. The fourth-order valence-corrected chi connectivity index (χ4v) is 1.42. The van der Waals surface area contributed by atoms with Gasteiger partial charge in [0.05, 0.1) is 0 Å². The molecule has 0 atom stereocenters. The Morgan fingerprint density at radius 3 is 2.82 bits per heavy atom. The van der Waals surface area contributed by atoms with E-state index in [1.807, 2.05) is 20.8 Å². The number of hydrogen-bond donors (Lipinski definition) is 1. The Morgan fingerprint density at radius 2 is 2.18 bits per heavy atom. The van der Waals surface area contributed by atoms with Gasteiger partial charge >= 0.3 is 5.97 Å². The Kier molecular flexibility index (Phi) is 2.49. The van der Waals surface area contributed by atoms with Gasteiger partial charge in [0.15, 0.2) is 5.65 Å². The molecule has 0 fully saturated rings. The predicted octanol–water partition coefficient (Wildman–Crippen LogP) is 1.27. The molecule has 0 aromatic carbocycles. The van der Waals surface area contributed by atoms with E-state index in [-0.39, 0.29) is 5.95 Å². The highest BCUT2D eigenvalue weighted by atomic mass is 16.6. The van der Waals surface area contributed by atoms with Crippen molar-refractivity contribution in [2.45, 2.75) is 26.4 Å². The SMILES string of the molecule is CC(C)(C)OC(=O)c1cccn2nc(N)nc12. The molecular weight excluding hydrogens is 220 g/mol. The predicted molar refractivity (Wildman–Crippen MR) is 62.6 cm³/mol. The molecule has 2 rings (SSSR count). The van der Waals surface area contributed by atoms with Gasteiger partial charge in [-0.15, -0.1) is 5.10 Å². The van der Waals surface area contributed by atoms with Gasteiger partial charge < -0.3 is 10.5 Å². The summed E-state index contributed by atoms with van der Waals surface area (Å²) in [4.78, 5) is 15.9. The first kappa shape index (κ1) is 11.4. The normalized spacial score (nSPS) is 11.7. The van der Waals surface area contributed by atoms with E-state index in [9.17, 15) is 4.79 Å². The van der Waals surface area contributed by atoms with Gasteiger partial charge in [0, 0.05) is 6.20 Å². The van der Waals surface area contributed by atoms with E-state index in [4.69, 9.17) is 10.5 Å². The average molecular weight is 234 g/mol. The van der Waals surface area contributed by atoms with Crippen LogP contribution in [0.5, 0.6) is 0 Å². The van der Waals surface area contributed by atoms with E-state index in [1.165, 1.54) is 4.52 Å². The second-order valence-corrected chi connectivity index (χ2v) is 4.66. The standard InChI is InChI=1S/C11H14N4O2/c1-11(2,3)17-9(16)7-5-4-6-15-8(7)13-10(12)14-15/h4-6H,1-3H3,(H2,12,14). The van der Waals surface area contributed by atoms with Crippen LogP contribution in [0.25, 0.3) is 5.65 Å². The van der Waals surface area contributed by atoms with Gasteiger partial charge in [-0.25, -0.2) is 9.31 Å². The highest BCUT2D eigenvalue weighted by Gasteiger charge is 2.21. The average Bonchev–Trinajstić information content (AvgIpc) is 2.54. The highest BCUT2D eigenvalue weighted by molar-refractivity contribution is 5.96. The summed E-state index contributed by atoms with van der Waals surface area (Å²) in [7, 11) is 0. The molecule has 0 unspecified atom stereocenters. The third-order valence-corrected chi connectivity index (χ3v) is 2.00. The highest BCUT2D eigenvalue weighted by Crippen LogP contribution is 2.15. The van der Waals surface area contributed by atoms with Crippen LogP contribution < -0.4 is 5.73 Å².